The zero-order valence-electron chi connectivity index (χ0n) is 11.6. The fourth-order valence-electron chi connectivity index (χ4n) is 2.08. The molecule has 0 aliphatic heterocycles. The van der Waals surface area contributed by atoms with Gasteiger partial charge in [-0.1, -0.05) is 67.3 Å². The molecule has 20 heavy (non-hydrogen) atoms. The Morgan fingerprint density at radius 3 is 2.50 bits per heavy atom. The van der Waals surface area contributed by atoms with Crippen LogP contribution in [0.25, 0.3) is 6.08 Å². The molecule has 2 aromatic rings. The summed E-state index contributed by atoms with van der Waals surface area (Å²) >= 11 is 0. The zero-order chi connectivity index (χ0) is 14.4. The molecule has 0 aliphatic carbocycles. The molecule has 1 unspecified atom stereocenters. The van der Waals surface area contributed by atoms with Gasteiger partial charge in [0.1, 0.15) is 6.10 Å². The van der Waals surface area contributed by atoms with E-state index in [4.69, 9.17) is 4.74 Å². The van der Waals surface area contributed by atoms with Crippen LogP contribution in [-0.2, 0) is 16.0 Å². The van der Waals surface area contributed by atoms with Gasteiger partial charge in [-0.3, -0.25) is 4.79 Å². The Morgan fingerprint density at radius 2 is 1.80 bits per heavy atom. The number of esters is 1. The first-order chi connectivity index (χ1) is 9.70. The van der Waals surface area contributed by atoms with Crippen LogP contribution < -0.4 is 0 Å². The molecular weight excluding hydrogens is 248 g/mol. The lowest BCUT2D eigenvalue weighted by Crippen LogP contribution is -2.12. The summed E-state index contributed by atoms with van der Waals surface area (Å²) in [5.41, 5.74) is 2.91. The fourth-order valence-corrected chi connectivity index (χ4v) is 2.08. The number of carbonyl (C=O) groups is 1. The minimum Gasteiger partial charge on any atom is -0.458 e. The lowest BCUT2D eigenvalue weighted by atomic mass is 10.0. The van der Waals surface area contributed by atoms with Crippen LogP contribution in [-0.4, -0.2) is 5.97 Å². The summed E-state index contributed by atoms with van der Waals surface area (Å²) in [5.74, 6) is -0.226. The van der Waals surface area contributed by atoms with E-state index in [-0.39, 0.29) is 18.5 Å². The third-order valence-electron chi connectivity index (χ3n) is 3.19. The molecule has 0 saturated heterocycles. The van der Waals surface area contributed by atoms with Crippen LogP contribution in [0.15, 0.2) is 61.2 Å². The van der Waals surface area contributed by atoms with Gasteiger partial charge in [0.05, 0.1) is 6.42 Å². The van der Waals surface area contributed by atoms with Crippen LogP contribution >= 0.6 is 0 Å². The lowest BCUT2D eigenvalue weighted by molar-refractivity contribution is -0.147. The van der Waals surface area contributed by atoms with E-state index in [1.165, 1.54) is 0 Å². The maximum Gasteiger partial charge on any atom is 0.310 e. The van der Waals surface area contributed by atoms with Crippen molar-refractivity contribution in [3.8, 4) is 0 Å². The standard InChI is InChI=1S/C18H18O2/c1-3-15-9-7-8-12-17(15)13-18(19)20-14(2)16-10-5-4-6-11-16/h3-12,14H,1,13H2,2H3. The Bertz CT molecular complexity index is 587. The average molecular weight is 266 g/mol. The van der Waals surface area contributed by atoms with Gasteiger partial charge in [-0.2, -0.15) is 0 Å². The summed E-state index contributed by atoms with van der Waals surface area (Å²) < 4.78 is 5.47. The number of ether oxygens (including phenoxy) is 1. The summed E-state index contributed by atoms with van der Waals surface area (Å²) in [7, 11) is 0. The third kappa shape index (κ3) is 3.58. The molecule has 2 heteroatoms. The van der Waals surface area contributed by atoms with Gasteiger partial charge < -0.3 is 4.74 Å². The van der Waals surface area contributed by atoms with Gasteiger partial charge in [0, 0.05) is 0 Å². The van der Waals surface area contributed by atoms with E-state index in [0.717, 1.165) is 16.7 Å². The smallest absolute Gasteiger partial charge is 0.310 e. The highest BCUT2D eigenvalue weighted by atomic mass is 16.5. The molecule has 0 heterocycles. The van der Waals surface area contributed by atoms with E-state index < -0.39 is 0 Å². The molecule has 0 amide bonds. The van der Waals surface area contributed by atoms with Gasteiger partial charge >= 0.3 is 5.97 Å². The minimum absolute atomic E-state index is 0.226. The molecule has 0 spiro atoms. The Labute approximate surface area is 119 Å². The van der Waals surface area contributed by atoms with E-state index in [1.54, 1.807) is 6.08 Å². The van der Waals surface area contributed by atoms with Crippen molar-refractivity contribution >= 4 is 12.0 Å². The average Bonchev–Trinajstić information content (AvgIpc) is 2.48. The van der Waals surface area contributed by atoms with Crippen LogP contribution in [0.5, 0.6) is 0 Å². The summed E-state index contributed by atoms with van der Waals surface area (Å²) in [6.45, 7) is 5.64. The van der Waals surface area contributed by atoms with Crippen LogP contribution in [0.1, 0.15) is 29.7 Å². The van der Waals surface area contributed by atoms with E-state index in [1.807, 2.05) is 61.5 Å². The SMILES string of the molecule is C=Cc1ccccc1CC(=O)OC(C)c1ccccc1. The van der Waals surface area contributed by atoms with E-state index in [0.29, 0.717) is 0 Å². The van der Waals surface area contributed by atoms with E-state index >= 15 is 0 Å². The quantitative estimate of drug-likeness (QED) is 0.759. The molecule has 0 fully saturated rings. The van der Waals surface area contributed by atoms with Crippen molar-refractivity contribution in [3.05, 3.63) is 77.9 Å². The molecule has 1 atom stereocenters. The maximum atomic E-state index is 12.0. The van der Waals surface area contributed by atoms with Gasteiger partial charge in [0.15, 0.2) is 0 Å². The van der Waals surface area contributed by atoms with Crippen molar-refractivity contribution in [1.82, 2.24) is 0 Å². The lowest BCUT2D eigenvalue weighted by Gasteiger charge is -2.14. The molecule has 2 nitrogen and oxygen atoms in total. The van der Waals surface area contributed by atoms with Crippen molar-refractivity contribution in [1.29, 1.82) is 0 Å². The van der Waals surface area contributed by atoms with Crippen molar-refractivity contribution in [2.45, 2.75) is 19.4 Å². The first kappa shape index (κ1) is 14.1. The predicted molar refractivity (Wildman–Crippen MR) is 81.2 cm³/mol. The molecule has 0 N–H and O–H groups in total. The van der Waals surface area contributed by atoms with Crippen molar-refractivity contribution in [2.75, 3.05) is 0 Å². The summed E-state index contributed by atoms with van der Waals surface area (Å²) in [6, 6.07) is 17.4. The molecule has 0 saturated carbocycles. The van der Waals surface area contributed by atoms with Gasteiger partial charge in [-0.25, -0.2) is 0 Å². The van der Waals surface area contributed by atoms with Gasteiger partial charge in [0.2, 0.25) is 0 Å². The molecule has 2 aromatic carbocycles. The minimum atomic E-state index is -0.236. The van der Waals surface area contributed by atoms with Crippen LogP contribution in [0.3, 0.4) is 0 Å². The molecular formula is C18H18O2. The van der Waals surface area contributed by atoms with Gasteiger partial charge in [-0.05, 0) is 23.6 Å². The van der Waals surface area contributed by atoms with Crippen LogP contribution in [0.4, 0.5) is 0 Å². The Hall–Kier alpha value is -2.35. The first-order valence-electron chi connectivity index (χ1n) is 6.65. The molecule has 0 aliphatic rings. The number of benzene rings is 2. The Balaban J connectivity index is 2.01. The Morgan fingerprint density at radius 1 is 1.15 bits per heavy atom. The highest BCUT2D eigenvalue weighted by Crippen LogP contribution is 2.18. The van der Waals surface area contributed by atoms with Crippen molar-refractivity contribution in [2.24, 2.45) is 0 Å². The summed E-state index contributed by atoms with van der Waals surface area (Å²) in [4.78, 5) is 12.0. The highest BCUT2D eigenvalue weighted by molar-refractivity contribution is 5.74. The maximum absolute atomic E-state index is 12.0. The van der Waals surface area contributed by atoms with E-state index in [9.17, 15) is 4.79 Å². The van der Waals surface area contributed by atoms with Crippen LogP contribution in [0, 0.1) is 0 Å². The topological polar surface area (TPSA) is 26.3 Å². The molecule has 0 bridgehead atoms. The number of hydrogen-bond acceptors (Lipinski definition) is 2. The second kappa shape index (κ2) is 6.71. The molecule has 2 rings (SSSR count). The van der Waals surface area contributed by atoms with E-state index in [2.05, 4.69) is 6.58 Å². The third-order valence-corrected chi connectivity index (χ3v) is 3.19. The normalized spacial score (nSPS) is 11.7. The molecule has 0 aromatic heterocycles. The number of rotatable bonds is 5. The Kier molecular flexibility index (Phi) is 4.72. The molecule has 102 valence electrons. The van der Waals surface area contributed by atoms with Gasteiger partial charge in [0.25, 0.3) is 0 Å². The second-order valence-corrected chi connectivity index (χ2v) is 4.62. The zero-order valence-corrected chi connectivity index (χ0v) is 11.6. The monoisotopic (exact) mass is 266 g/mol. The summed E-state index contributed by atoms with van der Waals surface area (Å²) in [6.07, 6.45) is 1.78. The number of carbonyl (C=O) groups excluding carboxylic acids is 1. The predicted octanol–water partition coefficient (Wildman–Crippen LogP) is 4.18. The largest absolute Gasteiger partial charge is 0.458 e. The fraction of sp³-hybridized carbons (Fsp3) is 0.167. The van der Waals surface area contributed by atoms with Crippen LogP contribution in [0.2, 0.25) is 0 Å². The van der Waals surface area contributed by atoms with Crippen molar-refractivity contribution in [3.63, 3.8) is 0 Å². The first-order valence-corrected chi connectivity index (χ1v) is 6.65. The summed E-state index contributed by atoms with van der Waals surface area (Å²) in [5, 5.41) is 0. The second-order valence-electron chi connectivity index (χ2n) is 4.62. The molecule has 0 radical (unpaired) electrons. The van der Waals surface area contributed by atoms with Gasteiger partial charge in [-0.15, -0.1) is 0 Å². The van der Waals surface area contributed by atoms with Crippen molar-refractivity contribution < 1.29 is 9.53 Å². The highest BCUT2D eigenvalue weighted by Gasteiger charge is 2.13. The number of hydrogen-bond donors (Lipinski definition) is 0.